The van der Waals surface area contributed by atoms with E-state index in [1.807, 2.05) is 0 Å². The predicted octanol–water partition coefficient (Wildman–Crippen LogP) is 6.61. The highest BCUT2D eigenvalue weighted by atomic mass is 14.4. The molecule has 1 aliphatic carbocycles. The highest BCUT2D eigenvalue weighted by molar-refractivity contribution is 5.84. The molecule has 0 aliphatic heterocycles. The van der Waals surface area contributed by atoms with E-state index in [0.29, 0.717) is 0 Å². The first-order valence-electron chi connectivity index (χ1n) is 8.95. The van der Waals surface area contributed by atoms with Gasteiger partial charge in [-0.15, -0.1) is 0 Å². The van der Waals surface area contributed by atoms with Gasteiger partial charge in [-0.1, -0.05) is 87.9 Å². The van der Waals surface area contributed by atoms with Gasteiger partial charge in [0.25, 0.3) is 0 Å². The molecule has 0 radical (unpaired) electrons. The normalized spacial score (nSPS) is 14.3. The van der Waals surface area contributed by atoms with Gasteiger partial charge in [-0.2, -0.15) is 0 Å². The zero-order chi connectivity index (χ0) is 16.7. The van der Waals surface area contributed by atoms with E-state index in [9.17, 15) is 0 Å². The summed E-state index contributed by atoms with van der Waals surface area (Å²) in [5, 5.41) is 0. The standard InChI is InChI=1S/C24H24/c1-4-8-17-9-7-10-18(15-17)19-13-14-23-21(16-19)20-11-5-6-12-22(20)24(23,2)3/h5-7,9-16H,4,8H2,1-3H3. The van der Waals surface area contributed by atoms with Crippen LogP contribution < -0.4 is 0 Å². The van der Waals surface area contributed by atoms with E-state index >= 15 is 0 Å². The van der Waals surface area contributed by atoms with Crippen LogP contribution in [0.1, 0.15) is 43.9 Å². The summed E-state index contributed by atoms with van der Waals surface area (Å²) in [5.74, 6) is 0. The highest BCUT2D eigenvalue weighted by Gasteiger charge is 2.34. The average molecular weight is 312 g/mol. The molecule has 3 aromatic carbocycles. The van der Waals surface area contributed by atoms with Crippen LogP contribution in [0.15, 0.2) is 66.7 Å². The molecule has 1 aliphatic rings. The molecule has 4 rings (SSSR count). The maximum absolute atomic E-state index is 2.38. The Morgan fingerprint density at radius 1 is 0.708 bits per heavy atom. The zero-order valence-corrected chi connectivity index (χ0v) is 14.8. The lowest BCUT2D eigenvalue weighted by Crippen LogP contribution is -2.14. The third-order valence-electron chi connectivity index (χ3n) is 5.38. The number of hydrogen-bond acceptors (Lipinski definition) is 0. The number of hydrogen-bond donors (Lipinski definition) is 0. The summed E-state index contributed by atoms with van der Waals surface area (Å²) in [6.45, 7) is 6.90. The Balaban J connectivity index is 1.85. The van der Waals surface area contributed by atoms with Gasteiger partial charge in [-0.05, 0) is 51.4 Å². The van der Waals surface area contributed by atoms with Crippen LogP contribution in [-0.2, 0) is 11.8 Å². The van der Waals surface area contributed by atoms with Gasteiger partial charge in [0.15, 0.2) is 0 Å². The van der Waals surface area contributed by atoms with Crippen molar-refractivity contribution in [2.45, 2.75) is 39.0 Å². The second-order valence-corrected chi connectivity index (χ2v) is 7.38. The van der Waals surface area contributed by atoms with E-state index in [4.69, 9.17) is 0 Å². The first kappa shape index (κ1) is 15.2. The van der Waals surface area contributed by atoms with Gasteiger partial charge < -0.3 is 0 Å². The summed E-state index contributed by atoms with van der Waals surface area (Å²) in [7, 11) is 0. The van der Waals surface area contributed by atoms with Gasteiger partial charge in [0.1, 0.15) is 0 Å². The first-order chi connectivity index (χ1) is 11.6. The quantitative estimate of drug-likeness (QED) is 0.510. The maximum Gasteiger partial charge on any atom is 0.0158 e. The van der Waals surface area contributed by atoms with Gasteiger partial charge in [-0.25, -0.2) is 0 Å². The van der Waals surface area contributed by atoms with E-state index in [1.54, 1.807) is 0 Å². The molecule has 0 N–H and O–H groups in total. The molecule has 0 aromatic heterocycles. The topological polar surface area (TPSA) is 0 Å². The minimum absolute atomic E-state index is 0.0918. The van der Waals surface area contributed by atoms with Crippen molar-refractivity contribution in [1.29, 1.82) is 0 Å². The fraction of sp³-hybridized carbons (Fsp3) is 0.250. The molecule has 3 aromatic rings. The second kappa shape index (κ2) is 5.63. The Morgan fingerprint density at radius 2 is 1.46 bits per heavy atom. The van der Waals surface area contributed by atoms with Crippen molar-refractivity contribution in [1.82, 2.24) is 0 Å². The van der Waals surface area contributed by atoms with Crippen molar-refractivity contribution < 1.29 is 0 Å². The van der Waals surface area contributed by atoms with Crippen LogP contribution in [0.25, 0.3) is 22.3 Å². The molecule has 0 amide bonds. The van der Waals surface area contributed by atoms with Crippen molar-refractivity contribution in [2.24, 2.45) is 0 Å². The minimum Gasteiger partial charge on any atom is -0.0651 e. The van der Waals surface area contributed by atoms with Crippen LogP contribution in [0.4, 0.5) is 0 Å². The molecule has 0 bridgehead atoms. The molecule has 0 heteroatoms. The number of aryl methyl sites for hydroxylation is 1. The minimum atomic E-state index is 0.0918. The van der Waals surface area contributed by atoms with Gasteiger partial charge >= 0.3 is 0 Å². The summed E-state index contributed by atoms with van der Waals surface area (Å²) in [5.41, 5.74) is 9.84. The molecule has 0 spiro atoms. The van der Waals surface area contributed by atoms with E-state index in [2.05, 4.69) is 87.5 Å². The lowest BCUT2D eigenvalue weighted by Gasteiger charge is -2.21. The maximum atomic E-state index is 2.38. The molecule has 0 saturated carbocycles. The summed E-state index contributed by atoms with van der Waals surface area (Å²) < 4.78 is 0. The van der Waals surface area contributed by atoms with Crippen molar-refractivity contribution >= 4 is 0 Å². The second-order valence-electron chi connectivity index (χ2n) is 7.38. The SMILES string of the molecule is CCCc1cccc(-c2ccc3c(c2)-c2ccccc2C3(C)C)c1. The Labute approximate surface area is 145 Å². The van der Waals surface area contributed by atoms with Crippen LogP contribution in [0, 0.1) is 0 Å². The molecule has 24 heavy (non-hydrogen) atoms. The van der Waals surface area contributed by atoms with Gasteiger partial charge in [-0.3, -0.25) is 0 Å². The van der Waals surface area contributed by atoms with Gasteiger partial charge in [0, 0.05) is 5.41 Å². The van der Waals surface area contributed by atoms with Crippen LogP contribution in [0.3, 0.4) is 0 Å². The molecule has 0 atom stereocenters. The van der Waals surface area contributed by atoms with Crippen molar-refractivity contribution in [3.05, 3.63) is 83.4 Å². The van der Waals surface area contributed by atoms with E-state index in [1.165, 1.54) is 45.4 Å². The molecular weight excluding hydrogens is 288 g/mol. The fourth-order valence-electron chi connectivity index (χ4n) is 4.09. The molecule has 0 heterocycles. The third kappa shape index (κ3) is 2.29. The molecule has 0 unspecified atom stereocenters. The van der Waals surface area contributed by atoms with Gasteiger partial charge in [0.05, 0.1) is 0 Å². The lowest BCUT2D eigenvalue weighted by atomic mass is 9.82. The van der Waals surface area contributed by atoms with Crippen LogP contribution in [0.5, 0.6) is 0 Å². The largest absolute Gasteiger partial charge is 0.0651 e. The van der Waals surface area contributed by atoms with Gasteiger partial charge in [0.2, 0.25) is 0 Å². The fourth-order valence-corrected chi connectivity index (χ4v) is 4.09. The Bertz CT molecular complexity index is 899. The highest BCUT2D eigenvalue weighted by Crippen LogP contribution is 2.49. The van der Waals surface area contributed by atoms with Crippen LogP contribution in [-0.4, -0.2) is 0 Å². The monoisotopic (exact) mass is 312 g/mol. The molecule has 0 saturated heterocycles. The lowest BCUT2D eigenvalue weighted by molar-refractivity contribution is 0.660. The molecular formula is C24H24. The van der Waals surface area contributed by atoms with Crippen LogP contribution in [0.2, 0.25) is 0 Å². The Kier molecular flexibility index (Phi) is 3.57. The van der Waals surface area contributed by atoms with E-state index in [-0.39, 0.29) is 5.41 Å². The average Bonchev–Trinajstić information content (AvgIpc) is 2.84. The third-order valence-corrected chi connectivity index (χ3v) is 5.38. The van der Waals surface area contributed by atoms with E-state index < -0.39 is 0 Å². The number of benzene rings is 3. The van der Waals surface area contributed by atoms with Crippen molar-refractivity contribution in [3.8, 4) is 22.3 Å². The summed E-state index contributed by atoms with van der Waals surface area (Å²) >= 11 is 0. The number of rotatable bonds is 3. The summed E-state index contributed by atoms with van der Waals surface area (Å²) in [4.78, 5) is 0. The Hall–Kier alpha value is -2.34. The smallest absolute Gasteiger partial charge is 0.0158 e. The van der Waals surface area contributed by atoms with Crippen molar-refractivity contribution in [3.63, 3.8) is 0 Å². The molecule has 0 fully saturated rings. The van der Waals surface area contributed by atoms with E-state index in [0.717, 1.165) is 6.42 Å². The Morgan fingerprint density at radius 3 is 2.29 bits per heavy atom. The predicted molar refractivity (Wildman–Crippen MR) is 103 cm³/mol. The van der Waals surface area contributed by atoms with Crippen molar-refractivity contribution in [2.75, 3.05) is 0 Å². The number of fused-ring (bicyclic) bond motifs is 3. The summed E-state index contributed by atoms with van der Waals surface area (Å²) in [6, 6.07) is 24.8. The first-order valence-corrected chi connectivity index (χ1v) is 8.95. The summed E-state index contributed by atoms with van der Waals surface area (Å²) in [6.07, 6.45) is 2.34. The van der Waals surface area contributed by atoms with Crippen LogP contribution >= 0.6 is 0 Å². The molecule has 120 valence electrons. The zero-order valence-electron chi connectivity index (χ0n) is 14.8. The molecule has 0 nitrogen and oxygen atoms in total.